The summed E-state index contributed by atoms with van der Waals surface area (Å²) in [5.41, 5.74) is -1.42. The van der Waals surface area contributed by atoms with Crippen LogP contribution in [0.15, 0.2) is 5.16 Å². The van der Waals surface area contributed by atoms with E-state index in [9.17, 15) is 79.2 Å². The van der Waals surface area contributed by atoms with Gasteiger partial charge >= 0.3 is 0 Å². The van der Waals surface area contributed by atoms with Crippen molar-refractivity contribution in [2.24, 2.45) is 34.2 Å². The third kappa shape index (κ3) is 45.9. The Morgan fingerprint density at radius 2 is 0.673 bits per heavy atom. The van der Waals surface area contributed by atoms with E-state index in [-0.39, 0.29) is 175 Å². The van der Waals surface area contributed by atoms with Gasteiger partial charge in [0.2, 0.25) is 17.7 Å². The van der Waals surface area contributed by atoms with Crippen LogP contribution >= 0.6 is 0 Å². The smallest absolute Gasteiger partial charge is 0.222 e. The van der Waals surface area contributed by atoms with E-state index in [1.165, 1.54) is 0 Å². The molecule has 7 unspecified atom stereocenters. The number of hydrogen-bond acceptors (Lipinski definition) is 27. The number of carbonyl (C=O) groups excluding carboxylic acids is 8. The van der Waals surface area contributed by atoms with Crippen molar-refractivity contribution in [2.45, 2.75) is 346 Å². The summed E-state index contributed by atoms with van der Waals surface area (Å²) in [7, 11) is 0. The lowest BCUT2D eigenvalue weighted by atomic mass is 9.85. The Labute approximate surface area is 672 Å². The molecule has 30 nitrogen and oxygen atoms in total. The molecule has 3 amide bonds. The Balaban J connectivity index is 1.54. The van der Waals surface area contributed by atoms with E-state index in [4.69, 9.17) is 47.5 Å². The maximum atomic E-state index is 14.0. The first-order valence-corrected chi connectivity index (χ1v) is 42.5. The number of amides is 3. The zero-order valence-electron chi connectivity index (χ0n) is 69.5. The second-order valence-corrected chi connectivity index (χ2v) is 32.6. The molecule has 3 saturated heterocycles. The van der Waals surface area contributed by atoms with E-state index < -0.39 is 98.3 Å². The highest BCUT2D eigenvalue weighted by atomic mass is 16.7. The number of aliphatic hydroxyl groups excluding tert-OH is 8. The van der Waals surface area contributed by atoms with Crippen LogP contribution in [0.3, 0.4) is 0 Å². The number of Topliss-reactive ketones (excluding diaryl/α,β-unsaturated/α-hetero) is 5. The molecule has 3 fully saturated rings. The predicted octanol–water partition coefficient (Wildman–Crippen LogP) is 7.22. The van der Waals surface area contributed by atoms with Crippen LogP contribution in [-0.4, -0.2) is 266 Å². The van der Waals surface area contributed by atoms with Crippen LogP contribution in [0.25, 0.3) is 0 Å². The molecule has 3 aliphatic rings. The fraction of sp³-hybridized carbons (Fsp3) is 0.892. The molecule has 0 bridgehead atoms. The number of ketones is 5. The van der Waals surface area contributed by atoms with Crippen molar-refractivity contribution in [2.75, 3.05) is 99.0 Å². The van der Waals surface area contributed by atoms with Gasteiger partial charge in [0.15, 0.2) is 31.3 Å². The fourth-order valence-electron chi connectivity index (χ4n) is 13.5. The first-order valence-electron chi connectivity index (χ1n) is 42.5. The molecule has 0 spiro atoms. The number of ether oxygens (including phenoxy) is 9. The molecule has 0 aromatic carbocycles. The van der Waals surface area contributed by atoms with Gasteiger partial charge in [-0.25, -0.2) is 0 Å². The van der Waals surface area contributed by atoms with Gasteiger partial charge in [-0.05, 0) is 89.4 Å². The molecule has 113 heavy (non-hydrogen) atoms. The van der Waals surface area contributed by atoms with Crippen LogP contribution < -0.4 is 16.0 Å². The molecular formula is C83H148N4O26. The van der Waals surface area contributed by atoms with Crippen molar-refractivity contribution in [3.05, 3.63) is 0 Å². The molecule has 11 N–H and O–H groups in total. The average Bonchev–Trinajstić information content (AvgIpc) is 0.833. The van der Waals surface area contributed by atoms with Gasteiger partial charge in [0, 0.05) is 139 Å². The first-order chi connectivity index (χ1) is 54.1. The lowest BCUT2D eigenvalue weighted by molar-refractivity contribution is -0.282. The van der Waals surface area contributed by atoms with Crippen LogP contribution in [-0.2, 0) is 85.8 Å². The van der Waals surface area contributed by atoms with Crippen LogP contribution in [0, 0.1) is 29.1 Å². The summed E-state index contributed by atoms with van der Waals surface area (Å²) in [6, 6.07) is 0. The topological polar surface area (TPSA) is 439 Å². The van der Waals surface area contributed by atoms with E-state index in [2.05, 4.69) is 21.1 Å². The van der Waals surface area contributed by atoms with E-state index in [0.717, 1.165) is 57.8 Å². The third-order valence-corrected chi connectivity index (χ3v) is 21.1. The summed E-state index contributed by atoms with van der Waals surface area (Å²) in [6.07, 6.45) is 11.9. The van der Waals surface area contributed by atoms with Gasteiger partial charge in [-0.1, -0.05) is 118 Å². The molecule has 3 heterocycles. The SMILES string of the molecule is CC1[C@H](O)C(CO)O[C@H](OCCCCC(=O)CCCCCC(=O)CCOCC(COCCC(=O)CCCCCC(=O)CCCCO[C@H]2OC(CO)[C@@H](O)C(O)[C@H]2C)(COCCC(=O)NCCCNC(=O)CCCCO[C@H]2OC(CO)[C@@H](O)C(O)[C@H]2C)NC(=O)CCCCCCCCCCCCC(=O)CON=CC(C)(C)C)[C@@H]1C. The van der Waals surface area contributed by atoms with E-state index in [1.54, 1.807) is 20.1 Å². The lowest BCUT2D eigenvalue weighted by Gasteiger charge is -2.41. The maximum absolute atomic E-state index is 14.0. The molecule has 0 aromatic rings. The Kier molecular flexibility index (Phi) is 55.4. The molecule has 0 saturated carbocycles. The number of oxime groups is 1. The lowest BCUT2D eigenvalue weighted by Crippen LogP contribution is -2.58. The van der Waals surface area contributed by atoms with E-state index in [0.29, 0.717) is 142 Å². The van der Waals surface area contributed by atoms with Gasteiger partial charge in [-0.3, -0.25) is 38.4 Å². The maximum Gasteiger partial charge on any atom is 0.222 e. The zero-order valence-corrected chi connectivity index (χ0v) is 69.5. The Bertz CT molecular complexity index is 2420. The minimum absolute atomic E-state index is 0.0152. The fourth-order valence-corrected chi connectivity index (χ4v) is 13.5. The summed E-state index contributed by atoms with van der Waals surface area (Å²) < 4.78 is 53.0. The minimum atomic E-state index is -1.30. The zero-order chi connectivity index (χ0) is 83.2. The molecule has 0 radical (unpaired) electrons. The summed E-state index contributed by atoms with van der Waals surface area (Å²) in [6.45, 7) is 13.1. The van der Waals surface area contributed by atoms with Crippen molar-refractivity contribution >= 4 is 52.9 Å². The quantitative estimate of drug-likeness (QED) is 0.0162. The number of aliphatic hydroxyl groups is 8. The predicted molar refractivity (Wildman–Crippen MR) is 422 cm³/mol. The summed E-state index contributed by atoms with van der Waals surface area (Å²) in [5.74, 6) is -1.73. The molecule has 0 aliphatic carbocycles. The Morgan fingerprint density at radius 1 is 0.354 bits per heavy atom. The van der Waals surface area contributed by atoms with Gasteiger partial charge in [-0.15, -0.1) is 0 Å². The summed E-state index contributed by atoms with van der Waals surface area (Å²) in [5, 5.41) is 92.5. The van der Waals surface area contributed by atoms with Gasteiger partial charge in [0.1, 0.15) is 59.2 Å². The molecule has 3 aliphatic heterocycles. The molecule has 16 atom stereocenters. The molecule has 3 rings (SSSR count). The molecule has 656 valence electrons. The summed E-state index contributed by atoms with van der Waals surface area (Å²) >= 11 is 0. The average molecular weight is 1620 g/mol. The normalized spacial score (nSPS) is 24.6. The van der Waals surface area contributed by atoms with Crippen molar-refractivity contribution in [3.8, 4) is 0 Å². The van der Waals surface area contributed by atoms with Crippen LogP contribution in [0.4, 0.5) is 0 Å². The number of rotatable bonds is 69. The minimum Gasteiger partial charge on any atom is -0.394 e. The highest BCUT2D eigenvalue weighted by molar-refractivity contribution is 5.81. The second-order valence-electron chi connectivity index (χ2n) is 32.6. The number of hydrogen-bond donors (Lipinski definition) is 11. The van der Waals surface area contributed by atoms with Gasteiger partial charge in [-0.2, -0.15) is 0 Å². The van der Waals surface area contributed by atoms with Crippen molar-refractivity contribution < 1.29 is 127 Å². The highest BCUT2D eigenvalue weighted by Crippen LogP contribution is 2.33. The number of nitrogens with one attached hydrogen (secondary N) is 3. The van der Waals surface area contributed by atoms with Crippen molar-refractivity contribution in [3.63, 3.8) is 0 Å². The largest absolute Gasteiger partial charge is 0.394 e. The number of carbonyl (C=O) groups is 8. The molecule has 0 aromatic heterocycles. The number of unbranched alkanes of at least 4 members (excludes halogenated alkanes) is 16. The van der Waals surface area contributed by atoms with Crippen LogP contribution in [0.2, 0.25) is 0 Å². The highest BCUT2D eigenvalue weighted by Gasteiger charge is 2.45. The second kappa shape index (κ2) is 60.9. The Morgan fingerprint density at radius 3 is 1.08 bits per heavy atom. The molecule has 30 heteroatoms. The van der Waals surface area contributed by atoms with Crippen LogP contribution in [0.1, 0.15) is 273 Å². The standard InChI is InChI=1S/C83H148N4O26/c1-59-60(2)79(111-68(51-88)74(59)99)107-45-27-24-35-63(91)31-19-16-21-33-65(93)40-48-104-56-83(87-73(98)39-23-15-13-11-9-8-10-12-14-18-37-67(95)54-110-86-55-82(5,6)7,57-105-49-41-66(94)34-22-17-20-32-64(92)36-25-28-46-108-80-61(3)75(100)77(102)69(52-89)112-80)58-106-50-42-72(97)85-44-30-43-84-71(96)38-26-29-47-109-81-62(4)76(101)78(103)70(53-90)113-81/h55,59-62,68-70,74-81,88-90,99-103H,8-54,56-58H2,1-7H3,(H,84,96)(H,85,97)(H,87,98)/t59?,60-,61-,62-,68?,69?,70?,74+,75?,76?,77-,78-,79+,80+,81+,83?/m1/s1. The number of nitrogens with zero attached hydrogens (tertiary/aromatic N) is 1. The van der Waals surface area contributed by atoms with E-state index >= 15 is 0 Å². The van der Waals surface area contributed by atoms with Gasteiger partial charge in [0.25, 0.3) is 0 Å². The first kappa shape index (κ1) is 103. The monoisotopic (exact) mass is 1620 g/mol. The van der Waals surface area contributed by atoms with Crippen molar-refractivity contribution in [1.29, 1.82) is 0 Å². The van der Waals surface area contributed by atoms with Gasteiger partial charge < -0.3 is 104 Å². The van der Waals surface area contributed by atoms with Crippen molar-refractivity contribution in [1.82, 2.24) is 16.0 Å². The Hall–Kier alpha value is -4.45. The van der Waals surface area contributed by atoms with Crippen LogP contribution in [0.5, 0.6) is 0 Å². The summed E-state index contributed by atoms with van der Waals surface area (Å²) in [4.78, 5) is 109. The van der Waals surface area contributed by atoms with Gasteiger partial charge in [0.05, 0.1) is 77.8 Å². The molecular weight excluding hydrogens is 1470 g/mol. The third-order valence-electron chi connectivity index (χ3n) is 21.1. The van der Waals surface area contributed by atoms with E-state index in [1.807, 2.05) is 34.6 Å².